The van der Waals surface area contributed by atoms with Crippen molar-refractivity contribution in [2.45, 2.75) is 25.8 Å². The number of aromatic nitrogens is 3. The Kier molecular flexibility index (Phi) is 6.83. The molecule has 1 amide bonds. The Bertz CT molecular complexity index is 1860. The van der Waals surface area contributed by atoms with Crippen molar-refractivity contribution in [1.82, 2.24) is 24.3 Å². The van der Waals surface area contributed by atoms with Crippen molar-refractivity contribution in [2.75, 3.05) is 38.0 Å². The second kappa shape index (κ2) is 10.9. The van der Waals surface area contributed by atoms with Gasteiger partial charge in [0.15, 0.2) is 17.3 Å². The first-order valence-corrected chi connectivity index (χ1v) is 14.4. The topological polar surface area (TPSA) is 93.4 Å². The monoisotopic (exact) mass is 566 g/mol. The van der Waals surface area contributed by atoms with E-state index in [-0.39, 0.29) is 22.4 Å². The molecule has 3 aromatic carbocycles. The van der Waals surface area contributed by atoms with Gasteiger partial charge in [0.05, 0.1) is 17.4 Å². The number of pyridine rings is 1. The van der Waals surface area contributed by atoms with Crippen molar-refractivity contribution in [3.8, 4) is 17.2 Å². The zero-order chi connectivity index (χ0) is 28.6. The van der Waals surface area contributed by atoms with Crippen molar-refractivity contribution < 1.29 is 13.9 Å². The number of benzene rings is 3. The van der Waals surface area contributed by atoms with Gasteiger partial charge in [0.2, 0.25) is 5.43 Å². The Labute approximate surface area is 241 Å². The molecule has 9 nitrogen and oxygen atoms in total. The minimum absolute atomic E-state index is 0.0314. The van der Waals surface area contributed by atoms with Gasteiger partial charge in [0.1, 0.15) is 16.8 Å². The summed E-state index contributed by atoms with van der Waals surface area (Å²) in [6.07, 6.45) is 9.96. The number of anilines is 1. The summed E-state index contributed by atoms with van der Waals surface area (Å²) in [6, 6.07) is 12.9. The standard InChI is InChI=1S/C32H31FN6O3/c33-25-18-23-29-31(27(25)35-10-5-15-38-16-11-34-20-38)42-26-9-8-21-6-1-2-7-22(21)28(26)39(29)19-24(30(23)40)32(41)36-12-17-37-13-3-4-14-37/h1-2,6-9,11,16,18-20,35H,3-5,10,12-15,17H2,(H,36,41). The maximum Gasteiger partial charge on any atom is 0.256 e. The molecule has 0 atom stereocenters. The van der Waals surface area contributed by atoms with E-state index in [1.165, 1.54) is 6.07 Å². The minimum atomic E-state index is -0.611. The number of carbonyl (C=O) groups is 1. The Morgan fingerprint density at radius 3 is 2.74 bits per heavy atom. The lowest BCUT2D eigenvalue weighted by molar-refractivity contribution is 0.0948. The average molecular weight is 567 g/mol. The van der Waals surface area contributed by atoms with Gasteiger partial charge in [0.25, 0.3) is 5.91 Å². The van der Waals surface area contributed by atoms with Crippen molar-refractivity contribution in [1.29, 1.82) is 0 Å². The van der Waals surface area contributed by atoms with E-state index in [0.29, 0.717) is 36.6 Å². The number of hydrogen-bond donors (Lipinski definition) is 2. The first-order chi connectivity index (χ1) is 20.6. The highest BCUT2D eigenvalue weighted by atomic mass is 19.1. The van der Waals surface area contributed by atoms with E-state index < -0.39 is 17.2 Å². The van der Waals surface area contributed by atoms with Crippen LogP contribution in [0.15, 0.2) is 72.2 Å². The fraction of sp³-hybridized carbons (Fsp3) is 0.281. The molecule has 0 saturated carbocycles. The summed E-state index contributed by atoms with van der Waals surface area (Å²) in [5.41, 5.74) is 0.753. The minimum Gasteiger partial charge on any atom is -0.451 e. The molecule has 0 unspecified atom stereocenters. The van der Waals surface area contributed by atoms with Gasteiger partial charge in [-0.05, 0) is 49.9 Å². The van der Waals surface area contributed by atoms with Gasteiger partial charge in [-0.15, -0.1) is 0 Å². The number of nitrogens with one attached hydrogen (secondary N) is 2. The molecule has 4 heterocycles. The first kappa shape index (κ1) is 26.2. The summed E-state index contributed by atoms with van der Waals surface area (Å²) in [5, 5.41) is 8.07. The summed E-state index contributed by atoms with van der Waals surface area (Å²) >= 11 is 0. The molecule has 2 aliphatic heterocycles. The lowest BCUT2D eigenvalue weighted by Crippen LogP contribution is -2.36. The van der Waals surface area contributed by atoms with E-state index >= 15 is 4.39 Å². The third-order valence-corrected chi connectivity index (χ3v) is 8.12. The molecule has 0 radical (unpaired) electrons. The van der Waals surface area contributed by atoms with Gasteiger partial charge in [-0.25, -0.2) is 9.37 Å². The molecule has 10 heteroatoms. The largest absolute Gasteiger partial charge is 0.451 e. The average Bonchev–Trinajstić information content (AvgIpc) is 3.72. The van der Waals surface area contributed by atoms with Gasteiger partial charge >= 0.3 is 0 Å². The normalized spacial score (nSPS) is 14.2. The zero-order valence-electron chi connectivity index (χ0n) is 23.1. The number of amides is 1. The van der Waals surface area contributed by atoms with Crippen LogP contribution in [0.3, 0.4) is 0 Å². The fourth-order valence-corrected chi connectivity index (χ4v) is 6.03. The van der Waals surface area contributed by atoms with Gasteiger partial charge < -0.3 is 29.4 Å². The molecular formula is C32H31FN6O3. The SMILES string of the molecule is O=C(NCCN1CCCC1)c1cn2c3c(c(NCCCn4ccnc4)c(F)cc3c1=O)Oc1ccc3ccccc3c1-2. The van der Waals surface area contributed by atoms with Crippen molar-refractivity contribution in [3.05, 3.63) is 89.0 Å². The van der Waals surface area contributed by atoms with E-state index in [0.717, 1.165) is 49.7 Å². The number of aryl methyl sites for hydroxylation is 1. The summed E-state index contributed by atoms with van der Waals surface area (Å²) in [7, 11) is 0. The third kappa shape index (κ3) is 4.67. The van der Waals surface area contributed by atoms with Crippen LogP contribution >= 0.6 is 0 Å². The predicted molar refractivity (Wildman–Crippen MR) is 160 cm³/mol. The van der Waals surface area contributed by atoms with E-state index in [1.807, 2.05) is 51.7 Å². The highest BCUT2D eigenvalue weighted by Gasteiger charge is 2.29. The lowest BCUT2D eigenvalue weighted by atomic mass is 10.0. The number of likely N-dealkylation sites (tertiary alicyclic amines) is 1. The molecule has 0 aliphatic carbocycles. The van der Waals surface area contributed by atoms with Crippen LogP contribution in [0.5, 0.6) is 11.5 Å². The van der Waals surface area contributed by atoms with E-state index in [4.69, 9.17) is 4.74 Å². The van der Waals surface area contributed by atoms with Crippen LogP contribution in [0.2, 0.25) is 0 Å². The highest BCUT2D eigenvalue weighted by Crippen LogP contribution is 2.47. The van der Waals surface area contributed by atoms with Crippen LogP contribution in [0, 0.1) is 5.82 Å². The van der Waals surface area contributed by atoms with Crippen LogP contribution in [0.25, 0.3) is 27.4 Å². The highest BCUT2D eigenvalue weighted by molar-refractivity contribution is 6.03. The number of rotatable bonds is 9. The fourth-order valence-electron chi connectivity index (χ4n) is 6.03. The van der Waals surface area contributed by atoms with Crippen molar-refractivity contribution >= 4 is 33.3 Å². The van der Waals surface area contributed by atoms with Gasteiger partial charge in [-0.3, -0.25) is 9.59 Å². The Morgan fingerprint density at radius 1 is 1.05 bits per heavy atom. The van der Waals surface area contributed by atoms with Gasteiger partial charge in [0, 0.05) is 50.2 Å². The van der Waals surface area contributed by atoms with Crippen molar-refractivity contribution in [2.24, 2.45) is 0 Å². The summed E-state index contributed by atoms with van der Waals surface area (Å²) < 4.78 is 25.9. The number of hydrogen-bond acceptors (Lipinski definition) is 6. The number of nitrogens with zero attached hydrogens (tertiary/aromatic N) is 4. The molecule has 0 bridgehead atoms. The van der Waals surface area contributed by atoms with Crippen LogP contribution in [0.1, 0.15) is 29.6 Å². The van der Waals surface area contributed by atoms with Gasteiger partial charge in [-0.1, -0.05) is 30.3 Å². The molecule has 2 N–H and O–H groups in total. The number of carbonyl (C=O) groups excluding carboxylic acids is 1. The molecule has 1 fully saturated rings. The number of halogens is 1. The smallest absolute Gasteiger partial charge is 0.256 e. The summed E-state index contributed by atoms with van der Waals surface area (Å²) in [6.45, 7) is 4.39. The second-order valence-electron chi connectivity index (χ2n) is 10.8. The zero-order valence-corrected chi connectivity index (χ0v) is 23.1. The number of imidazole rings is 1. The van der Waals surface area contributed by atoms with E-state index in [2.05, 4.69) is 20.5 Å². The quantitative estimate of drug-likeness (QED) is 0.242. The molecule has 7 rings (SSSR count). The predicted octanol–water partition coefficient (Wildman–Crippen LogP) is 4.91. The molecular weight excluding hydrogens is 535 g/mol. The van der Waals surface area contributed by atoms with Crippen LogP contribution in [-0.2, 0) is 6.54 Å². The summed E-state index contributed by atoms with van der Waals surface area (Å²) in [4.78, 5) is 33.4. The maximum absolute atomic E-state index is 15.7. The van der Waals surface area contributed by atoms with Crippen LogP contribution in [-0.4, -0.2) is 57.6 Å². The Morgan fingerprint density at radius 2 is 1.90 bits per heavy atom. The second-order valence-corrected chi connectivity index (χ2v) is 10.8. The van der Waals surface area contributed by atoms with Crippen LogP contribution < -0.4 is 20.8 Å². The molecule has 5 aromatic rings. The Hall–Kier alpha value is -4.70. The maximum atomic E-state index is 15.7. The number of ether oxygens (including phenoxy) is 1. The van der Waals surface area contributed by atoms with Crippen LogP contribution in [0.4, 0.5) is 10.1 Å². The van der Waals surface area contributed by atoms with Gasteiger partial charge in [-0.2, -0.15) is 0 Å². The van der Waals surface area contributed by atoms with E-state index in [1.54, 1.807) is 18.7 Å². The molecule has 2 aliphatic rings. The molecule has 1 saturated heterocycles. The van der Waals surface area contributed by atoms with Crippen molar-refractivity contribution in [3.63, 3.8) is 0 Å². The third-order valence-electron chi connectivity index (χ3n) is 8.12. The summed E-state index contributed by atoms with van der Waals surface area (Å²) in [5.74, 6) is -0.339. The lowest BCUT2D eigenvalue weighted by Gasteiger charge is -2.27. The first-order valence-electron chi connectivity index (χ1n) is 14.4. The molecule has 42 heavy (non-hydrogen) atoms. The molecule has 2 aromatic heterocycles. The number of fused-ring (bicyclic) bond motifs is 4. The molecule has 214 valence electrons. The Balaban J connectivity index is 1.31. The van der Waals surface area contributed by atoms with E-state index in [9.17, 15) is 9.59 Å². The molecule has 0 spiro atoms.